The Morgan fingerprint density at radius 2 is 2.27 bits per heavy atom. The van der Waals surface area contributed by atoms with E-state index < -0.39 is 0 Å². The van der Waals surface area contributed by atoms with Gasteiger partial charge in [-0.15, -0.1) is 0 Å². The van der Waals surface area contributed by atoms with Gasteiger partial charge in [-0.2, -0.15) is 0 Å². The number of hydrogen-bond donors (Lipinski definition) is 1. The highest BCUT2D eigenvalue weighted by Gasteiger charge is 2.01. The Balaban J connectivity index is 2.20. The first-order chi connectivity index (χ1) is 7.36. The first-order valence-corrected chi connectivity index (χ1v) is 5.71. The molecular weight excluding hydrogens is 190 g/mol. The highest BCUT2D eigenvalue weighted by atomic mass is 16.5. The summed E-state index contributed by atoms with van der Waals surface area (Å²) < 4.78 is 10.8. The average Bonchev–Trinajstić information content (AvgIpc) is 2.69. The van der Waals surface area contributed by atoms with Crippen LogP contribution in [0, 0.1) is 0 Å². The predicted molar refractivity (Wildman–Crippen MR) is 60.7 cm³/mol. The van der Waals surface area contributed by atoms with Crippen molar-refractivity contribution in [3.63, 3.8) is 0 Å². The molecule has 1 aromatic heterocycles. The van der Waals surface area contributed by atoms with Crippen molar-refractivity contribution in [2.75, 3.05) is 13.2 Å². The molecule has 1 heterocycles. The Morgan fingerprint density at radius 3 is 3.00 bits per heavy atom. The lowest BCUT2D eigenvalue weighted by Gasteiger charge is -1.99. The summed E-state index contributed by atoms with van der Waals surface area (Å²) in [6, 6.07) is 2.05. The molecule has 15 heavy (non-hydrogen) atoms. The third-order valence-corrected chi connectivity index (χ3v) is 2.17. The monoisotopic (exact) mass is 211 g/mol. The maximum absolute atomic E-state index is 5.46. The molecule has 0 saturated heterocycles. The highest BCUT2D eigenvalue weighted by Crippen LogP contribution is 2.09. The molecule has 0 saturated carbocycles. The van der Waals surface area contributed by atoms with Gasteiger partial charge in [-0.25, -0.2) is 0 Å². The zero-order chi connectivity index (χ0) is 10.9. The molecule has 0 aromatic carbocycles. The standard InChI is InChI=1S/C12H21NO2/c1-3-5-6-14-10-12-7-11(9-15-12)8-13-4-2/h7,9,13H,3-6,8,10H2,1-2H3. The van der Waals surface area contributed by atoms with Gasteiger partial charge in [0.15, 0.2) is 0 Å². The number of hydrogen-bond acceptors (Lipinski definition) is 3. The fraction of sp³-hybridized carbons (Fsp3) is 0.667. The number of furan rings is 1. The van der Waals surface area contributed by atoms with E-state index in [1.165, 1.54) is 12.0 Å². The van der Waals surface area contributed by atoms with Crippen LogP contribution in [0.25, 0.3) is 0 Å². The minimum Gasteiger partial charge on any atom is -0.467 e. The molecule has 0 aliphatic rings. The molecule has 86 valence electrons. The zero-order valence-corrected chi connectivity index (χ0v) is 9.71. The molecule has 0 unspecified atom stereocenters. The lowest BCUT2D eigenvalue weighted by atomic mass is 10.3. The molecule has 3 nitrogen and oxygen atoms in total. The molecule has 3 heteroatoms. The van der Waals surface area contributed by atoms with Crippen LogP contribution in [-0.4, -0.2) is 13.2 Å². The van der Waals surface area contributed by atoms with E-state index in [0.29, 0.717) is 6.61 Å². The third kappa shape index (κ3) is 5.00. The normalized spacial score (nSPS) is 10.8. The first kappa shape index (κ1) is 12.3. The average molecular weight is 211 g/mol. The van der Waals surface area contributed by atoms with Crippen LogP contribution in [0.5, 0.6) is 0 Å². The molecule has 0 aliphatic carbocycles. The molecule has 1 aromatic rings. The summed E-state index contributed by atoms with van der Waals surface area (Å²) in [5.41, 5.74) is 1.19. The van der Waals surface area contributed by atoms with E-state index in [2.05, 4.69) is 25.2 Å². The summed E-state index contributed by atoms with van der Waals surface area (Å²) in [7, 11) is 0. The molecule has 0 atom stereocenters. The van der Waals surface area contributed by atoms with Crippen molar-refractivity contribution in [1.29, 1.82) is 0 Å². The van der Waals surface area contributed by atoms with E-state index in [1.807, 2.05) is 0 Å². The van der Waals surface area contributed by atoms with Crippen molar-refractivity contribution < 1.29 is 9.15 Å². The van der Waals surface area contributed by atoms with Crippen LogP contribution in [0.4, 0.5) is 0 Å². The van der Waals surface area contributed by atoms with Gasteiger partial charge in [-0.05, 0) is 19.0 Å². The summed E-state index contributed by atoms with van der Waals surface area (Å²) in [6.07, 6.45) is 4.08. The van der Waals surface area contributed by atoms with Crippen LogP contribution in [0.1, 0.15) is 38.0 Å². The van der Waals surface area contributed by atoms with E-state index in [1.54, 1.807) is 6.26 Å². The molecule has 0 amide bonds. The predicted octanol–water partition coefficient (Wildman–Crippen LogP) is 2.71. The summed E-state index contributed by atoms with van der Waals surface area (Å²) in [4.78, 5) is 0. The van der Waals surface area contributed by atoms with E-state index in [9.17, 15) is 0 Å². The smallest absolute Gasteiger partial charge is 0.129 e. The highest BCUT2D eigenvalue weighted by molar-refractivity contribution is 5.11. The van der Waals surface area contributed by atoms with Crippen LogP contribution < -0.4 is 5.32 Å². The number of ether oxygens (including phenoxy) is 1. The van der Waals surface area contributed by atoms with Gasteiger partial charge >= 0.3 is 0 Å². The van der Waals surface area contributed by atoms with Crippen LogP contribution in [0.15, 0.2) is 16.7 Å². The van der Waals surface area contributed by atoms with Crippen LogP contribution in [0.3, 0.4) is 0 Å². The van der Waals surface area contributed by atoms with E-state index in [-0.39, 0.29) is 0 Å². The molecule has 0 bridgehead atoms. The molecule has 0 aliphatic heterocycles. The van der Waals surface area contributed by atoms with Gasteiger partial charge in [0.25, 0.3) is 0 Å². The van der Waals surface area contributed by atoms with Crippen molar-refractivity contribution in [2.45, 2.75) is 39.8 Å². The van der Waals surface area contributed by atoms with Crippen molar-refractivity contribution in [1.82, 2.24) is 5.32 Å². The molecule has 1 rings (SSSR count). The molecule has 0 radical (unpaired) electrons. The molecule has 1 N–H and O–H groups in total. The molecule has 0 spiro atoms. The Bertz CT molecular complexity index is 258. The lowest BCUT2D eigenvalue weighted by molar-refractivity contribution is 0.104. The summed E-state index contributed by atoms with van der Waals surface area (Å²) in [5, 5.41) is 3.25. The maximum Gasteiger partial charge on any atom is 0.129 e. The van der Waals surface area contributed by atoms with Crippen molar-refractivity contribution in [3.8, 4) is 0 Å². The van der Waals surface area contributed by atoms with Gasteiger partial charge in [0.2, 0.25) is 0 Å². The Labute approximate surface area is 91.8 Å². The van der Waals surface area contributed by atoms with Gasteiger partial charge in [-0.3, -0.25) is 0 Å². The largest absolute Gasteiger partial charge is 0.467 e. The van der Waals surface area contributed by atoms with Gasteiger partial charge in [0, 0.05) is 18.7 Å². The fourth-order valence-electron chi connectivity index (χ4n) is 1.28. The Kier molecular flexibility index (Phi) is 6.12. The van der Waals surface area contributed by atoms with Gasteiger partial charge in [0.05, 0.1) is 6.26 Å². The molecule has 0 fully saturated rings. The van der Waals surface area contributed by atoms with Crippen molar-refractivity contribution in [3.05, 3.63) is 23.7 Å². The molecular formula is C12H21NO2. The lowest BCUT2D eigenvalue weighted by Crippen LogP contribution is -2.10. The van der Waals surface area contributed by atoms with E-state index in [4.69, 9.17) is 9.15 Å². The number of unbranched alkanes of at least 4 members (excludes halogenated alkanes) is 1. The SMILES string of the molecule is CCCCOCc1cc(CNCC)co1. The van der Waals surface area contributed by atoms with Crippen LogP contribution in [-0.2, 0) is 17.9 Å². The quantitative estimate of drug-likeness (QED) is 0.671. The van der Waals surface area contributed by atoms with Crippen molar-refractivity contribution in [2.24, 2.45) is 0 Å². The summed E-state index contributed by atoms with van der Waals surface area (Å²) in [5.74, 6) is 0.916. The minimum atomic E-state index is 0.589. The van der Waals surface area contributed by atoms with Gasteiger partial charge < -0.3 is 14.5 Å². The third-order valence-electron chi connectivity index (χ3n) is 2.17. The zero-order valence-electron chi connectivity index (χ0n) is 9.71. The number of nitrogens with one attached hydrogen (secondary N) is 1. The minimum absolute atomic E-state index is 0.589. The topological polar surface area (TPSA) is 34.4 Å². The second-order valence-electron chi connectivity index (χ2n) is 3.61. The Hall–Kier alpha value is -0.800. The number of rotatable bonds is 8. The van der Waals surface area contributed by atoms with Crippen LogP contribution >= 0.6 is 0 Å². The van der Waals surface area contributed by atoms with Gasteiger partial charge in [-0.1, -0.05) is 20.3 Å². The van der Waals surface area contributed by atoms with Crippen molar-refractivity contribution >= 4 is 0 Å². The fourth-order valence-corrected chi connectivity index (χ4v) is 1.28. The van der Waals surface area contributed by atoms with E-state index in [0.717, 1.165) is 31.9 Å². The second-order valence-corrected chi connectivity index (χ2v) is 3.61. The van der Waals surface area contributed by atoms with Crippen LogP contribution in [0.2, 0.25) is 0 Å². The Morgan fingerprint density at radius 1 is 1.40 bits per heavy atom. The first-order valence-electron chi connectivity index (χ1n) is 5.71. The summed E-state index contributed by atoms with van der Waals surface area (Å²) in [6.45, 7) is 7.51. The second kappa shape index (κ2) is 7.49. The summed E-state index contributed by atoms with van der Waals surface area (Å²) >= 11 is 0. The van der Waals surface area contributed by atoms with E-state index >= 15 is 0 Å². The van der Waals surface area contributed by atoms with Gasteiger partial charge in [0.1, 0.15) is 12.4 Å². The maximum atomic E-state index is 5.46.